The number of nitrogens with one attached hydrogen (secondary N) is 1. The van der Waals surface area contributed by atoms with Crippen molar-refractivity contribution in [3.63, 3.8) is 0 Å². The molecule has 0 bridgehead atoms. The van der Waals surface area contributed by atoms with Crippen molar-refractivity contribution < 1.29 is 14.7 Å². The number of rotatable bonds is 3. The molecule has 0 aliphatic carbocycles. The minimum atomic E-state index is -0.909. The Kier molecular flexibility index (Phi) is 4.40. The van der Waals surface area contributed by atoms with E-state index in [0.717, 1.165) is 24.5 Å². The molecule has 2 fully saturated rings. The van der Waals surface area contributed by atoms with Crippen LogP contribution in [0.5, 0.6) is 0 Å². The van der Waals surface area contributed by atoms with E-state index < -0.39 is 12.0 Å². The maximum Gasteiger partial charge on any atom is 0.305 e. The van der Waals surface area contributed by atoms with Crippen molar-refractivity contribution in [3.05, 3.63) is 0 Å². The molecule has 19 heavy (non-hydrogen) atoms. The van der Waals surface area contributed by atoms with Gasteiger partial charge in [0.2, 0.25) is 5.91 Å². The number of carbonyl (C=O) groups excluding carboxylic acids is 1. The zero-order valence-corrected chi connectivity index (χ0v) is 12.3. The Bertz CT molecular complexity index is 373. The molecular formula is C13H22N2O3S. The predicted octanol–water partition coefficient (Wildman–Crippen LogP) is 0.793. The molecule has 0 spiro atoms. The molecule has 0 aromatic heterocycles. The predicted molar refractivity (Wildman–Crippen MR) is 75.3 cm³/mol. The van der Waals surface area contributed by atoms with Crippen molar-refractivity contribution in [1.29, 1.82) is 0 Å². The van der Waals surface area contributed by atoms with Crippen LogP contribution in [0.3, 0.4) is 0 Å². The van der Waals surface area contributed by atoms with Crippen molar-refractivity contribution in [3.8, 4) is 0 Å². The fourth-order valence-electron chi connectivity index (χ4n) is 2.95. The van der Waals surface area contributed by atoms with E-state index in [9.17, 15) is 9.59 Å². The van der Waals surface area contributed by atoms with E-state index in [1.807, 2.05) is 11.8 Å². The molecular weight excluding hydrogens is 264 g/mol. The molecule has 2 aliphatic heterocycles. The van der Waals surface area contributed by atoms with Crippen LogP contribution in [0.25, 0.3) is 0 Å². The summed E-state index contributed by atoms with van der Waals surface area (Å²) >= 11 is 1.90. The van der Waals surface area contributed by atoms with E-state index in [1.165, 1.54) is 0 Å². The lowest BCUT2D eigenvalue weighted by Crippen LogP contribution is -2.63. The quantitative estimate of drug-likeness (QED) is 0.803. The fourth-order valence-corrected chi connectivity index (χ4v) is 4.65. The van der Waals surface area contributed by atoms with E-state index in [4.69, 9.17) is 5.11 Å². The normalized spacial score (nSPS) is 31.8. The molecule has 2 saturated heterocycles. The number of aliphatic carboxylic acids is 1. The van der Waals surface area contributed by atoms with Gasteiger partial charge in [-0.2, -0.15) is 11.8 Å². The molecule has 108 valence electrons. The van der Waals surface area contributed by atoms with Gasteiger partial charge in [-0.05, 0) is 17.6 Å². The second kappa shape index (κ2) is 5.71. The third-order valence-corrected chi connectivity index (χ3v) is 5.25. The van der Waals surface area contributed by atoms with Gasteiger partial charge in [0.15, 0.2) is 0 Å². The largest absolute Gasteiger partial charge is 0.481 e. The lowest BCUT2D eigenvalue weighted by atomic mass is 9.80. The summed E-state index contributed by atoms with van der Waals surface area (Å²) in [6.45, 7) is 5.81. The molecule has 1 amide bonds. The summed E-state index contributed by atoms with van der Waals surface area (Å²) in [4.78, 5) is 25.1. The number of carbonyl (C=O) groups is 2. The number of carboxylic acid groups (broad SMARTS) is 1. The van der Waals surface area contributed by atoms with Crippen LogP contribution in [0.1, 0.15) is 26.7 Å². The third-order valence-electron chi connectivity index (χ3n) is 4.21. The zero-order chi connectivity index (χ0) is 14.0. The van der Waals surface area contributed by atoms with Gasteiger partial charge < -0.3 is 10.4 Å². The molecule has 0 radical (unpaired) electrons. The Balaban J connectivity index is 2.18. The van der Waals surface area contributed by atoms with Gasteiger partial charge in [0.1, 0.15) is 0 Å². The topological polar surface area (TPSA) is 69.6 Å². The van der Waals surface area contributed by atoms with E-state index in [1.54, 1.807) is 0 Å². The van der Waals surface area contributed by atoms with Gasteiger partial charge in [0.05, 0.1) is 12.5 Å². The molecule has 6 heteroatoms. The highest BCUT2D eigenvalue weighted by Crippen LogP contribution is 2.38. The van der Waals surface area contributed by atoms with Crippen molar-refractivity contribution in [1.82, 2.24) is 10.2 Å². The lowest BCUT2D eigenvalue weighted by Gasteiger charge is -2.49. The monoisotopic (exact) mass is 286 g/mol. The molecule has 2 rings (SSSR count). The summed E-state index contributed by atoms with van der Waals surface area (Å²) < 4.78 is 0. The van der Waals surface area contributed by atoms with Gasteiger partial charge in [0.25, 0.3) is 0 Å². The number of hydrogen-bond acceptors (Lipinski definition) is 4. The first-order valence-corrected chi connectivity index (χ1v) is 7.90. The highest BCUT2D eigenvalue weighted by atomic mass is 32.2. The first kappa shape index (κ1) is 14.7. The molecule has 5 nitrogen and oxygen atoms in total. The van der Waals surface area contributed by atoms with Crippen LogP contribution in [0.2, 0.25) is 0 Å². The summed E-state index contributed by atoms with van der Waals surface area (Å²) in [5, 5.41) is 11.8. The molecule has 0 aromatic carbocycles. The highest BCUT2D eigenvalue weighted by Gasteiger charge is 2.43. The molecule has 0 saturated carbocycles. The van der Waals surface area contributed by atoms with Gasteiger partial charge in [-0.1, -0.05) is 13.8 Å². The summed E-state index contributed by atoms with van der Waals surface area (Å²) in [5.74, 6) is 1.08. The molecule has 2 heterocycles. The Morgan fingerprint density at radius 2 is 2.32 bits per heavy atom. The van der Waals surface area contributed by atoms with E-state index in [-0.39, 0.29) is 23.8 Å². The molecule has 2 N–H and O–H groups in total. The molecule has 2 atom stereocenters. The maximum atomic E-state index is 12.0. The Morgan fingerprint density at radius 1 is 1.58 bits per heavy atom. The first-order chi connectivity index (χ1) is 8.92. The Hall–Kier alpha value is -0.750. The van der Waals surface area contributed by atoms with Crippen LogP contribution >= 0.6 is 11.8 Å². The smallest absolute Gasteiger partial charge is 0.305 e. The van der Waals surface area contributed by atoms with Crippen LogP contribution in [-0.4, -0.2) is 58.6 Å². The number of hydrogen-bond donors (Lipinski definition) is 2. The number of thioether (sulfide) groups is 1. The van der Waals surface area contributed by atoms with Crippen LogP contribution in [0.4, 0.5) is 0 Å². The van der Waals surface area contributed by atoms with Crippen LogP contribution in [0, 0.1) is 5.41 Å². The van der Waals surface area contributed by atoms with Gasteiger partial charge >= 0.3 is 5.97 Å². The molecule has 2 aliphatic rings. The summed E-state index contributed by atoms with van der Waals surface area (Å²) in [5.41, 5.74) is 0.139. The SMILES string of the molecule is CC1(C)CCSCC1N1CCNC(=O)C1CC(=O)O. The van der Waals surface area contributed by atoms with Crippen molar-refractivity contribution in [2.75, 3.05) is 24.6 Å². The van der Waals surface area contributed by atoms with Gasteiger partial charge in [-0.3, -0.25) is 14.5 Å². The Morgan fingerprint density at radius 3 is 2.95 bits per heavy atom. The summed E-state index contributed by atoms with van der Waals surface area (Å²) in [6.07, 6.45) is 1.00. The average Bonchev–Trinajstić information content (AvgIpc) is 2.31. The Labute approximate surface area is 118 Å². The number of piperazine rings is 1. The average molecular weight is 286 g/mol. The second-order valence-electron chi connectivity index (χ2n) is 5.97. The number of carboxylic acids is 1. The van der Waals surface area contributed by atoms with Crippen molar-refractivity contribution in [2.45, 2.75) is 38.8 Å². The highest BCUT2D eigenvalue weighted by molar-refractivity contribution is 7.99. The standard InChI is InChI=1S/C13H22N2O3S/c1-13(2)3-6-19-8-10(13)15-5-4-14-12(18)9(15)7-11(16)17/h9-10H,3-8H2,1-2H3,(H,14,18)(H,16,17). The minimum Gasteiger partial charge on any atom is -0.481 e. The van der Waals surface area contributed by atoms with Crippen molar-refractivity contribution >= 4 is 23.6 Å². The number of amides is 1. The second-order valence-corrected chi connectivity index (χ2v) is 7.12. The van der Waals surface area contributed by atoms with E-state index >= 15 is 0 Å². The summed E-state index contributed by atoms with van der Waals surface area (Å²) in [7, 11) is 0. The van der Waals surface area contributed by atoms with Gasteiger partial charge in [0, 0.05) is 24.9 Å². The van der Waals surface area contributed by atoms with Crippen LogP contribution < -0.4 is 5.32 Å². The van der Waals surface area contributed by atoms with Gasteiger partial charge in [-0.25, -0.2) is 0 Å². The van der Waals surface area contributed by atoms with Crippen molar-refractivity contribution in [2.24, 2.45) is 5.41 Å². The third kappa shape index (κ3) is 3.23. The lowest BCUT2D eigenvalue weighted by molar-refractivity contribution is -0.144. The fraction of sp³-hybridized carbons (Fsp3) is 0.846. The summed E-state index contributed by atoms with van der Waals surface area (Å²) in [6, 6.07) is -0.240. The maximum absolute atomic E-state index is 12.0. The minimum absolute atomic E-state index is 0.108. The first-order valence-electron chi connectivity index (χ1n) is 6.75. The molecule has 0 aromatic rings. The van der Waals surface area contributed by atoms with E-state index in [2.05, 4.69) is 24.1 Å². The van der Waals surface area contributed by atoms with E-state index in [0.29, 0.717) is 6.54 Å². The zero-order valence-electron chi connectivity index (χ0n) is 11.5. The number of nitrogens with zero attached hydrogens (tertiary/aromatic N) is 1. The van der Waals surface area contributed by atoms with Crippen LogP contribution in [0.15, 0.2) is 0 Å². The van der Waals surface area contributed by atoms with Crippen LogP contribution in [-0.2, 0) is 9.59 Å². The van der Waals surface area contributed by atoms with Gasteiger partial charge in [-0.15, -0.1) is 0 Å². The molecule has 2 unspecified atom stereocenters.